The number of rotatable bonds is 2. The highest BCUT2D eigenvalue weighted by Gasteiger charge is 2.15. The van der Waals surface area contributed by atoms with E-state index in [1.54, 1.807) is 6.08 Å². The fourth-order valence-electron chi connectivity index (χ4n) is 2.24. The molecule has 2 rings (SSSR count). The molecule has 17 heavy (non-hydrogen) atoms. The SMILES string of the molecule is CC1=CC(C2=CCCC(C(=O)O)=C2)=CC(C)N1. The lowest BCUT2D eigenvalue weighted by molar-refractivity contribution is -0.132. The molecule has 0 spiro atoms. The maximum atomic E-state index is 11.0. The summed E-state index contributed by atoms with van der Waals surface area (Å²) in [6, 6.07) is 0.291. The summed E-state index contributed by atoms with van der Waals surface area (Å²) >= 11 is 0. The number of carboxylic acid groups (broad SMARTS) is 1. The first-order valence-corrected chi connectivity index (χ1v) is 5.87. The summed E-state index contributed by atoms with van der Waals surface area (Å²) in [6.07, 6.45) is 9.52. The normalized spacial score (nSPS) is 24.0. The van der Waals surface area contributed by atoms with E-state index in [0.717, 1.165) is 23.3 Å². The summed E-state index contributed by atoms with van der Waals surface area (Å²) in [7, 11) is 0. The van der Waals surface area contributed by atoms with Crippen LogP contribution in [0.25, 0.3) is 0 Å². The average molecular weight is 231 g/mol. The van der Waals surface area contributed by atoms with Crippen molar-refractivity contribution in [1.82, 2.24) is 5.32 Å². The van der Waals surface area contributed by atoms with Crippen LogP contribution in [0.1, 0.15) is 26.7 Å². The lowest BCUT2D eigenvalue weighted by Crippen LogP contribution is -2.25. The third kappa shape index (κ3) is 2.67. The van der Waals surface area contributed by atoms with Crippen molar-refractivity contribution in [2.45, 2.75) is 32.7 Å². The van der Waals surface area contributed by atoms with E-state index in [9.17, 15) is 4.79 Å². The summed E-state index contributed by atoms with van der Waals surface area (Å²) in [5, 5.41) is 12.3. The zero-order valence-electron chi connectivity index (χ0n) is 10.2. The molecule has 1 aliphatic heterocycles. The summed E-state index contributed by atoms with van der Waals surface area (Å²) in [6.45, 7) is 4.11. The summed E-state index contributed by atoms with van der Waals surface area (Å²) < 4.78 is 0. The maximum Gasteiger partial charge on any atom is 0.331 e. The van der Waals surface area contributed by atoms with Crippen LogP contribution >= 0.6 is 0 Å². The van der Waals surface area contributed by atoms with Gasteiger partial charge in [0.25, 0.3) is 0 Å². The minimum atomic E-state index is -0.807. The molecule has 1 atom stereocenters. The smallest absolute Gasteiger partial charge is 0.331 e. The van der Waals surface area contributed by atoms with Gasteiger partial charge in [0.15, 0.2) is 0 Å². The van der Waals surface area contributed by atoms with Gasteiger partial charge in [0.2, 0.25) is 0 Å². The van der Waals surface area contributed by atoms with Crippen LogP contribution < -0.4 is 5.32 Å². The molecule has 3 nitrogen and oxygen atoms in total. The number of hydrogen-bond acceptors (Lipinski definition) is 2. The quantitative estimate of drug-likeness (QED) is 0.767. The summed E-state index contributed by atoms with van der Waals surface area (Å²) in [4.78, 5) is 11.0. The van der Waals surface area contributed by atoms with E-state index < -0.39 is 5.97 Å². The van der Waals surface area contributed by atoms with E-state index in [0.29, 0.717) is 18.0 Å². The number of carboxylic acids is 1. The van der Waals surface area contributed by atoms with Gasteiger partial charge in [-0.3, -0.25) is 0 Å². The van der Waals surface area contributed by atoms with Crippen LogP contribution in [-0.2, 0) is 4.79 Å². The fourth-order valence-corrected chi connectivity index (χ4v) is 2.24. The largest absolute Gasteiger partial charge is 0.478 e. The van der Waals surface area contributed by atoms with E-state index in [1.807, 2.05) is 6.92 Å². The lowest BCUT2D eigenvalue weighted by atomic mass is 9.92. The first kappa shape index (κ1) is 11.7. The molecule has 0 fully saturated rings. The third-order valence-corrected chi connectivity index (χ3v) is 2.97. The first-order chi connectivity index (χ1) is 8.06. The van der Waals surface area contributed by atoms with Crippen molar-refractivity contribution in [3.8, 4) is 0 Å². The predicted octanol–water partition coefficient (Wildman–Crippen LogP) is 2.54. The van der Waals surface area contributed by atoms with E-state index in [4.69, 9.17) is 5.11 Å². The fraction of sp³-hybridized carbons (Fsp3) is 0.357. The Kier molecular flexibility index (Phi) is 3.18. The van der Waals surface area contributed by atoms with Crippen LogP contribution in [0.3, 0.4) is 0 Å². The van der Waals surface area contributed by atoms with E-state index >= 15 is 0 Å². The monoisotopic (exact) mass is 231 g/mol. The first-order valence-electron chi connectivity index (χ1n) is 5.87. The predicted molar refractivity (Wildman–Crippen MR) is 67.5 cm³/mol. The molecule has 1 unspecified atom stereocenters. The van der Waals surface area contributed by atoms with E-state index in [-0.39, 0.29) is 0 Å². The van der Waals surface area contributed by atoms with Crippen molar-refractivity contribution in [1.29, 1.82) is 0 Å². The van der Waals surface area contributed by atoms with Crippen molar-refractivity contribution in [2.24, 2.45) is 0 Å². The second-order valence-corrected chi connectivity index (χ2v) is 4.56. The molecule has 0 radical (unpaired) electrons. The van der Waals surface area contributed by atoms with Crippen molar-refractivity contribution >= 4 is 5.97 Å². The Morgan fingerprint density at radius 2 is 2.18 bits per heavy atom. The van der Waals surface area contributed by atoms with Gasteiger partial charge in [-0.05, 0) is 50.0 Å². The van der Waals surface area contributed by atoms with Crippen LogP contribution in [0.4, 0.5) is 0 Å². The standard InChI is InChI=1S/C14H17NO2/c1-9-6-13(7-10(2)15-9)11-4-3-5-12(8-11)14(16)17/h4,6-9,15H,3,5H2,1-2H3,(H,16,17). The molecule has 0 amide bonds. The Morgan fingerprint density at radius 3 is 2.82 bits per heavy atom. The van der Waals surface area contributed by atoms with Gasteiger partial charge in [0.1, 0.15) is 0 Å². The molecule has 0 aromatic rings. The van der Waals surface area contributed by atoms with Crippen molar-refractivity contribution in [2.75, 3.05) is 0 Å². The van der Waals surface area contributed by atoms with Gasteiger partial charge in [-0.15, -0.1) is 0 Å². The highest BCUT2D eigenvalue weighted by Crippen LogP contribution is 2.26. The van der Waals surface area contributed by atoms with Crippen LogP contribution in [0, 0.1) is 0 Å². The Morgan fingerprint density at radius 1 is 1.41 bits per heavy atom. The molecule has 0 aromatic heterocycles. The van der Waals surface area contributed by atoms with Crippen molar-refractivity contribution in [3.63, 3.8) is 0 Å². The molecule has 1 aliphatic carbocycles. The molecule has 0 saturated carbocycles. The molecule has 0 saturated heterocycles. The molecule has 1 heterocycles. The molecule has 0 aromatic carbocycles. The molecule has 2 N–H and O–H groups in total. The maximum absolute atomic E-state index is 11.0. The van der Waals surface area contributed by atoms with Crippen LogP contribution in [0.5, 0.6) is 0 Å². The van der Waals surface area contributed by atoms with Crippen molar-refractivity contribution < 1.29 is 9.90 Å². The zero-order valence-corrected chi connectivity index (χ0v) is 10.2. The second-order valence-electron chi connectivity index (χ2n) is 4.56. The molecule has 2 aliphatic rings. The van der Waals surface area contributed by atoms with Gasteiger partial charge in [-0.2, -0.15) is 0 Å². The number of allylic oxidation sites excluding steroid dienone is 6. The van der Waals surface area contributed by atoms with Gasteiger partial charge in [0, 0.05) is 17.3 Å². The van der Waals surface area contributed by atoms with Gasteiger partial charge in [-0.25, -0.2) is 4.79 Å². The Labute approximate surface area is 101 Å². The Hall–Kier alpha value is -1.77. The van der Waals surface area contributed by atoms with Gasteiger partial charge < -0.3 is 10.4 Å². The highest BCUT2D eigenvalue weighted by atomic mass is 16.4. The molecule has 3 heteroatoms. The van der Waals surface area contributed by atoms with E-state index in [1.165, 1.54) is 0 Å². The topological polar surface area (TPSA) is 49.3 Å². The third-order valence-electron chi connectivity index (χ3n) is 2.97. The van der Waals surface area contributed by atoms with Gasteiger partial charge in [0.05, 0.1) is 0 Å². The van der Waals surface area contributed by atoms with Crippen LogP contribution in [0.2, 0.25) is 0 Å². The minimum Gasteiger partial charge on any atom is -0.478 e. The van der Waals surface area contributed by atoms with Gasteiger partial charge >= 0.3 is 5.97 Å². The number of nitrogens with one attached hydrogen (secondary N) is 1. The Bertz CT molecular complexity index is 467. The summed E-state index contributed by atoms with van der Waals surface area (Å²) in [5.74, 6) is -0.807. The second kappa shape index (κ2) is 4.62. The molecule has 0 bridgehead atoms. The number of dihydropyridines is 1. The van der Waals surface area contributed by atoms with Crippen LogP contribution in [0.15, 0.2) is 46.7 Å². The average Bonchev–Trinajstić information content (AvgIpc) is 2.28. The van der Waals surface area contributed by atoms with E-state index in [2.05, 4.69) is 30.5 Å². The van der Waals surface area contributed by atoms with Crippen molar-refractivity contribution in [3.05, 3.63) is 46.7 Å². The highest BCUT2D eigenvalue weighted by molar-refractivity contribution is 5.88. The lowest BCUT2D eigenvalue weighted by Gasteiger charge is -2.21. The molecular weight excluding hydrogens is 214 g/mol. The summed E-state index contributed by atoms with van der Waals surface area (Å²) in [5.41, 5.74) is 3.76. The minimum absolute atomic E-state index is 0.291. The Balaban J connectivity index is 2.29. The molecular formula is C14H17NO2. The number of carbonyl (C=O) groups is 1. The van der Waals surface area contributed by atoms with Crippen LogP contribution in [-0.4, -0.2) is 17.1 Å². The zero-order chi connectivity index (χ0) is 12.4. The molecule has 90 valence electrons. The number of aliphatic carboxylic acids is 1. The van der Waals surface area contributed by atoms with Gasteiger partial charge in [-0.1, -0.05) is 12.2 Å². The number of hydrogen-bond donors (Lipinski definition) is 2.